The van der Waals surface area contributed by atoms with Crippen LogP contribution in [0.4, 0.5) is 0 Å². The lowest BCUT2D eigenvalue weighted by Crippen LogP contribution is -2.41. The number of rotatable bonds is 5. The molecule has 2 unspecified atom stereocenters. The molecule has 2 saturated heterocycles. The van der Waals surface area contributed by atoms with Gasteiger partial charge in [0, 0.05) is 25.7 Å². The van der Waals surface area contributed by atoms with Crippen molar-refractivity contribution in [3.05, 3.63) is 0 Å². The summed E-state index contributed by atoms with van der Waals surface area (Å²) in [6, 6.07) is 0.740. The van der Waals surface area contributed by atoms with Gasteiger partial charge in [-0.1, -0.05) is 6.92 Å². The number of hydrogen-bond donors (Lipinski definition) is 1. The largest absolute Gasteiger partial charge is 0.381 e. The molecule has 0 bridgehead atoms. The minimum Gasteiger partial charge on any atom is -0.381 e. The standard InChI is InChI=1S/C13H26N2O/c1-2-15(10-13-6-3-7-14-13)9-12-5-4-8-16-11-12/h12-14H,2-11H2,1H3. The number of nitrogens with zero attached hydrogens (tertiary/aromatic N) is 1. The molecule has 2 rings (SSSR count). The summed E-state index contributed by atoms with van der Waals surface area (Å²) >= 11 is 0. The maximum Gasteiger partial charge on any atom is 0.0506 e. The smallest absolute Gasteiger partial charge is 0.0506 e. The third kappa shape index (κ3) is 3.72. The van der Waals surface area contributed by atoms with E-state index in [0.717, 1.165) is 25.2 Å². The van der Waals surface area contributed by atoms with Gasteiger partial charge in [-0.05, 0) is 44.7 Å². The van der Waals surface area contributed by atoms with E-state index in [4.69, 9.17) is 4.74 Å². The monoisotopic (exact) mass is 226 g/mol. The van der Waals surface area contributed by atoms with Gasteiger partial charge >= 0.3 is 0 Å². The van der Waals surface area contributed by atoms with Crippen molar-refractivity contribution in [1.29, 1.82) is 0 Å². The predicted molar refractivity (Wildman–Crippen MR) is 66.7 cm³/mol. The van der Waals surface area contributed by atoms with Crippen LogP contribution in [0.5, 0.6) is 0 Å². The third-order valence-corrected chi connectivity index (χ3v) is 3.86. The van der Waals surface area contributed by atoms with Gasteiger partial charge in [-0.2, -0.15) is 0 Å². The summed E-state index contributed by atoms with van der Waals surface area (Å²) in [6.07, 6.45) is 5.32. The van der Waals surface area contributed by atoms with Crippen LogP contribution in [0.25, 0.3) is 0 Å². The van der Waals surface area contributed by atoms with Crippen molar-refractivity contribution in [3.63, 3.8) is 0 Å². The molecule has 0 spiro atoms. The first-order valence-corrected chi connectivity index (χ1v) is 6.92. The van der Waals surface area contributed by atoms with Crippen molar-refractivity contribution in [2.45, 2.75) is 38.6 Å². The Morgan fingerprint density at radius 2 is 2.19 bits per heavy atom. The van der Waals surface area contributed by atoms with Crippen LogP contribution in [0.2, 0.25) is 0 Å². The van der Waals surface area contributed by atoms with E-state index in [0.29, 0.717) is 0 Å². The summed E-state index contributed by atoms with van der Waals surface area (Å²) in [5.41, 5.74) is 0. The second kappa shape index (κ2) is 6.58. The fourth-order valence-electron chi connectivity index (χ4n) is 2.87. The summed E-state index contributed by atoms with van der Waals surface area (Å²) < 4.78 is 5.56. The maximum atomic E-state index is 5.56. The lowest BCUT2D eigenvalue weighted by molar-refractivity contribution is 0.0381. The van der Waals surface area contributed by atoms with Crippen molar-refractivity contribution in [1.82, 2.24) is 10.2 Å². The molecule has 0 radical (unpaired) electrons. The highest BCUT2D eigenvalue weighted by molar-refractivity contribution is 4.79. The van der Waals surface area contributed by atoms with E-state index in [1.165, 1.54) is 51.9 Å². The topological polar surface area (TPSA) is 24.5 Å². The quantitative estimate of drug-likeness (QED) is 0.768. The molecule has 2 heterocycles. The van der Waals surface area contributed by atoms with E-state index in [1.54, 1.807) is 0 Å². The van der Waals surface area contributed by atoms with Crippen LogP contribution in [0.15, 0.2) is 0 Å². The SMILES string of the molecule is CCN(CC1CCCOC1)CC1CCCN1. The highest BCUT2D eigenvalue weighted by Crippen LogP contribution is 2.16. The number of ether oxygens (including phenoxy) is 1. The van der Waals surface area contributed by atoms with Crippen LogP contribution >= 0.6 is 0 Å². The Labute approximate surface area is 99.5 Å². The molecule has 3 heteroatoms. The van der Waals surface area contributed by atoms with Gasteiger partial charge in [-0.25, -0.2) is 0 Å². The second-order valence-electron chi connectivity index (χ2n) is 5.23. The molecule has 16 heavy (non-hydrogen) atoms. The molecule has 2 fully saturated rings. The minimum absolute atomic E-state index is 0.740. The van der Waals surface area contributed by atoms with E-state index < -0.39 is 0 Å². The predicted octanol–water partition coefficient (Wildman–Crippen LogP) is 1.49. The van der Waals surface area contributed by atoms with Crippen molar-refractivity contribution in [3.8, 4) is 0 Å². The summed E-state index contributed by atoms with van der Waals surface area (Å²) in [4.78, 5) is 2.60. The Kier molecular flexibility index (Phi) is 5.07. The van der Waals surface area contributed by atoms with Crippen LogP contribution < -0.4 is 5.32 Å². The molecule has 2 aliphatic heterocycles. The van der Waals surface area contributed by atoms with E-state index in [9.17, 15) is 0 Å². The van der Waals surface area contributed by atoms with E-state index >= 15 is 0 Å². The zero-order valence-corrected chi connectivity index (χ0v) is 10.6. The van der Waals surface area contributed by atoms with Gasteiger partial charge in [0.15, 0.2) is 0 Å². The van der Waals surface area contributed by atoms with Gasteiger partial charge < -0.3 is 15.0 Å². The third-order valence-electron chi connectivity index (χ3n) is 3.86. The van der Waals surface area contributed by atoms with Crippen LogP contribution in [0, 0.1) is 5.92 Å². The fraction of sp³-hybridized carbons (Fsp3) is 1.00. The van der Waals surface area contributed by atoms with Gasteiger partial charge in [0.2, 0.25) is 0 Å². The molecule has 0 amide bonds. The molecular formula is C13H26N2O. The Morgan fingerprint density at radius 3 is 2.81 bits per heavy atom. The summed E-state index contributed by atoms with van der Waals surface area (Å²) in [5, 5.41) is 3.59. The molecular weight excluding hydrogens is 200 g/mol. The maximum absolute atomic E-state index is 5.56. The van der Waals surface area contributed by atoms with Gasteiger partial charge in [-0.15, -0.1) is 0 Å². The van der Waals surface area contributed by atoms with Gasteiger partial charge in [0.1, 0.15) is 0 Å². The van der Waals surface area contributed by atoms with Crippen LogP contribution in [0.3, 0.4) is 0 Å². The first-order valence-electron chi connectivity index (χ1n) is 6.92. The van der Waals surface area contributed by atoms with Gasteiger partial charge in [0.25, 0.3) is 0 Å². The summed E-state index contributed by atoms with van der Waals surface area (Å²) in [6.45, 7) is 9.09. The molecule has 0 aromatic carbocycles. The molecule has 0 aromatic heterocycles. The molecule has 2 aliphatic rings. The van der Waals surface area contributed by atoms with E-state index in [1.807, 2.05) is 0 Å². The summed E-state index contributed by atoms with van der Waals surface area (Å²) in [7, 11) is 0. The van der Waals surface area contributed by atoms with Crippen LogP contribution in [-0.2, 0) is 4.74 Å². The van der Waals surface area contributed by atoms with Crippen LogP contribution in [0.1, 0.15) is 32.6 Å². The Hall–Kier alpha value is -0.120. The lowest BCUT2D eigenvalue weighted by atomic mass is 10.0. The Morgan fingerprint density at radius 1 is 1.25 bits per heavy atom. The zero-order chi connectivity index (χ0) is 11.2. The minimum atomic E-state index is 0.740. The normalized spacial score (nSPS) is 31.1. The molecule has 0 aromatic rings. The number of hydrogen-bond acceptors (Lipinski definition) is 3. The van der Waals surface area contributed by atoms with Crippen molar-refractivity contribution in [2.24, 2.45) is 5.92 Å². The highest BCUT2D eigenvalue weighted by atomic mass is 16.5. The van der Waals surface area contributed by atoms with E-state index in [2.05, 4.69) is 17.1 Å². The van der Waals surface area contributed by atoms with Crippen molar-refractivity contribution < 1.29 is 4.74 Å². The van der Waals surface area contributed by atoms with Crippen molar-refractivity contribution in [2.75, 3.05) is 39.4 Å². The average molecular weight is 226 g/mol. The number of nitrogens with one attached hydrogen (secondary N) is 1. The Balaban J connectivity index is 1.70. The molecule has 1 N–H and O–H groups in total. The molecule has 0 aliphatic carbocycles. The number of likely N-dealkylation sites (N-methyl/N-ethyl adjacent to an activating group) is 1. The Bertz CT molecular complexity index is 186. The first kappa shape index (κ1) is 12.3. The zero-order valence-electron chi connectivity index (χ0n) is 10.6. The van der Waals surface area contributed by atoms with Gasteiger partial charge in [0.05, 0.1) is 6.61 Å². The molecule has 2 atom stereocenters. The molecule has 94 valence electrons. The molecule has 3 nitrogen and oxygen atoms in total. The lowest BCUT2D eigenvalue weighted by Gasteiger charge is -2.30. The van der Waals surface area contributed by atoms with Crippen molar-refractivity contribution >= 4 is 0 Å². The summed E-state index contributed by atoms with van der Waals surface area (Å²) in [5.74, 6) is 0.773. The highest BCUT2D eigenvalue weighted by Gasteiger charge is 2.21. The fourth-order valence-corrected chi connectivity index (χ4v) is 2.87. The van der Waals surface area contributed by atoms with Gasteiger partial charge in [-0.3, -0.25) is 0 Å². The average Bonchev–Trinajstić information content (AvgIpc) is 2.82. The molecule has 0 saturated carbocycles. The van der Waals surface area contributed by atoms with E-state index in [-0.39, 0.29) is 0 Å². The second-order valence-corrected chi connectivity index (χ2v) is 5.23. The van der Waals surface area contributed by atoms with Crippen LogP contribution in [-0.4, -0.2) is 50.3 Å². The first-order chi connectivity index (χ1) is 7.88.